The van der Waals surface area contributed by atoms with Crippen molar-refractivity contribution in [1.29, 1.82) is 0 Å². The first-order chi connectivity index (χ1) is 12.6. The third kappa shape index (κ3) is 2.82. The number of carbonyl (C=O) groups is 2. The van der Waals surface area contributed by atoms with Crippen molar-refractivity contribution in [2.75, 3.05) is 13.2 Å². The van der Waals surface area contributed by atoms with Gasteiger partial charge in [0.15, 0.2) is 0 Å². The smallest absolute Gasteiger partial charge is 0.325 e. The summed E-state index contributed by atoms with van der Waals surface area (Å²) >= 11 is 5.85. The average molecular weight is 371 g/mol. The molecule has 1 heterocycles. The summed E-state index contributed by atoms with van der Waals surface area (Å²) in [7, 11) is 0. The van der Waals surface area contributed by atoms with Gasteiger partial charge in [-0.25, -0.2) is 4.79 Å². The maximum atomic E-state index is 13.1. The highest BCUT2D eigenvalue weighted by Crippen LogP contribution is 2.39. The Hall–Kier alpha value is -2.53. The first-order valence-electron chi connectivity index (χ1n) is 8.71. The van der Waals surface area contributed by atoms with E-state index >= 15 is 0 Å². The molecule has 1 fully saturated rings. The number of fused-ring (bicyclic) bond motifs is 2. The second kappa shape index (κ2) is 6.65. The van der Waals surface area contributed by atoms with Crippen LogP contribution in [0.3, 0.4) is 0 Å². The van der Waals surface area contributed by atoms with Crippen LogP contribution in [-0.2, 0) is 16.8 Å². The normalized spacial score (nSPS) is 21.7. The monoisotopic (exact) mass is 370 g/mol. The van der Waals surface area contributed by atoms with Gasteiger partial charge in [0.25, 0.3) is 5.91 Å². The van der Waals surface area contributed by atoms with Crippen LogP contribution in [0.5, 0.6) is 5.75 Å². The Morgan fingerprint density at radius 3 is 2.69 bits per heavy atom. The van der Waals surface area contributed by atoms with Crippen LogP contribution in [0.1, 0.15) is 24.0 Å². The van der Waals surface area contributed by atoms with Crippen molar-refractivity contribution in [2.45, 2.75) is 24.8 Å². The molecule has 1 N–H and O–H groups in total. The van der Waals surface area contributed by atoms with E-state index in [1.165, 1.54) is 4.90 Å². The van der Waals surface area contributed by atoms with Gasteiger partial charge in [-0.3, -0.25) is 9.69 Å². The Bertz CT molecular complexity index is 852. The zero-order valence-corrected chi connectivity index (χ0v) is 15.0. The number of rotatable bonds is 4. The first kappa shape index (κ1) is 16.9. The van der Waals surface area contributed by atoms with Gasteiger partial charge in [0.2, 0.25) is 0 Å². The van der Waals surface area contributed by atoms with Gasteiger partial charge in [0, 0.05) is 5.02 Å². The lowest BCUT2D eigenvalue weighted by molar-refractivity contribution is -0.132. The number of imide groups is 1. The summed E-state index contributed by atoms with van der Waals surface area (Å²) in [5.41, 5.74) is 1.13. The van der Waals surface area contributed by atoms with E-state index in [1.54, 1.807) is 24.3 Å². The van der Waals surface area contributed by atoms with E-state index in [0.29, 0.717) is 17.2 Å². The Morgan fingerprint density at radius 2 is 1.88 bits per heavy atom. The third-order valence-corrected chi connectivity index (χ3v) is 5.30. The number of amides is 3. The van der Waals surface area contributed by atoms with Crippen LogP contribution in [0.2, 0.25) is 5.02 Å². The number of nitrogens with zero attached hydrogens (tertiary/aromatic N) is 1. The van der Waals surface area contributed by atoms with E-state index in [1.807, 2.05) is 24.3 Å². The summed E-state index contributed by atoms with van der Waals surface area (Å²) < 4.78 is 5.63. The molecule has 4 rings (SSSR count). The molecule has 0 radical (unpaired) electrons. The Morgan fingerprint density at radius 1 is 1.12 bits per heavy atom. The molecule has 26 heavy (non-hydrogen) atoms. The first-order valence-corrected chi connectivity index (χ1v) is 9.09. The van der Waals surface area contributed by atoms with Gasteiger partial charge in [-0.05, 0) is 54.7 Å². The van der Waals surface area contributed by atoms with Gasteiger partial charge in [0.05, 0.1) is 6.54 Å². The summed E-state index contributed by atoms with van der Waals surface area (Å²) in [6.45, 7) is 0.440. The van der Waals surface area contributed by atoms with Crippen molar-refractivity contribution in [3.05, 3.63) is 64.7 Å². The summed E-state index contributed by atoms with van der Waals surface area (Å²) in [4.78, 5) is 26.8. The number of urea groups is 1. The van der Waals surface area contributed by atoms with Gasteiger partial charge in [-0.2, -0.15) is 0 Å². The van der Waals surface area contributed by atoms with Crippen LogP contribution < -0.4 is 10.1 Å². The van der Waals surface area contributed by atoms with Gasteiger partial charge in [0.1, 0.15) is 17.9 Å². The third-order valence-electron chi connectivity index (χ3n) is 5.05. The summed E-state index contributed by atoms with van der Waals surface area (Å²) in [5.74, 6) is 0.466. The van der Waals surface area contributed by atoms with Crippen LogP contribution in [0.4, 0.5) is 4.79 Å². The number of halogens is 1. The second-order valence-electron chi connectivity index (χ2n) is 6.61. The van der Waals surface area contributed by atoms with Crippen LogP contribution in [-0.4, -0.2) is 30.0 Å². The molecule has 1 atom stereocenters. The number of benzene rings is 2. The minimum Gasteiger partial charge on any atom is -0.492 e. The molecule has 0 aromatic heterocycles. The summed E-state index contributed by atoms with van der Waals surface area (Å²) in [5, 5.41) is 3.57. The highest BCUT2D eigenvalue weighted by molar-refractivity contribution is 6.30. The maximum Gasteiger partial charge on any atom is 0.325 e. The molecule has 0 unspecified atom stereocenters. The molecule has 6 heteroatoms. The topological polar surface area (TPSA) is 58.6 Å². The Kier molecular flexibility index (Phi) is 4.32. The molecule has 2 aliphatic rings. The fourth-order valence-corrected chi connectivity index (χ4v) is 3.93. The van der Waals surface area contributed by atoms with E-state index in [9.17, 15) is 9.59 Å². The number of ether oxygens (including phenoxy) is 1. The number of carbonyl (C=O) groups excluding carboxylic acids is 2. The van der Waals surface area contributed by atoms with Crippen LogP contribution in [0.15, 0.2) is 48.5 Å². The molecule has 0 saturated carbocycles. The molecule has 134 valence electrons. The Labute approximate surface area is 156 Å². The number of hydrogen-bond donors (Lipinski definition) is 1. The predicted molar refractivity (Wildman–Crippen MR) is 98.2 cm³/mol. The van der Waals surface area contributed by atoms with E-state index < -0.39 is 5.54 Å². The standard InChI is InChI=1S/C20H19ClN2O3/c21-15-7-9-16(10-8-15)26-13-12-23-18(24)20(22-19(23)25)11-3-5-14-4-1-2-6-17(14)20/h1-2,4,6-10H,3,5,11-13H2,(H,22,25)/t20-/m0/s1. The van der Waals surface area contributed by atoms with Crippen LogP contribution in [0.25, 0.3) is 0 Å². The summed E-state index contributed by atoms with van der Waals surface area (Å²) in [6.07, 6.45) is 2.43. The predicted octanol–water partition coefficient (Wildman–Crippen LogP) is 3.50. The minimum atomic E-state index is -0.924. The van der Waals surface area contributed by atoms with Gasteiger partial charge in [-0.15, -0.1) is 0 Å². The van der Waals surface area contributed by atoms with Crippen molar-refractivity contribution < 1.29 is 14.3 Å². The lowest BCUT2D eigenvalue weighted by Crippen LogP contribution is -2.46. The number of hydrogen-bond acceptors (Lipinski definition) is 3. The van der Waals surface area contributed by atoms with Crippen LogP contribution in [0, 0.1) is 0 Å². The second-order valence-corrected chi connectivity index (χ2v) is 7.04. The van der Waals surface area contributed by atoms with Crippen molar-refractivity contribution in [2.24, 2.45) is 0 Å². The fourth-order valence-electron chi connectivity index (χ4n) is 3.80. The molecular formula is C20H19ClN2O3. The minimum absolute atomic E-state index is 0.186. The maximum absolute atomic E-state index is 13.1. The Balaban J connectivity index is 1.49. The largest absolute Gasteiger partial charge is 0.492 e. The van der Waals surface area contributed by atoms with Gasteiger partial charge >= 0.3 is 6.03 Å². The fraction of sp³-hybridized carbons (Fsp3) is 0.300. The average Bonchev–Trinajstić information content (AvgIpc) is 2.88. The molecule has 5 nitrogen and oxygen atoms in total. The van der Waals surface area contributed by atoms with E-state index in [-0.39, 0.29) is 25.1 Å². The van der Waals surface area contributed by atoms with E-state index in [4.69, 9.17) is 16.3 Å². The molecule has 3 amide bonds. The highest BCUT2D eigenvalue weighted by atomic mass is 35.5. The van der Waals surface area contributed by atoms with Crippen LogP contribution >= 0.6 is 11.6 Å². The zero-order chi connectivity index (χ0) is 18.1. The number of nitrogens with one attached hydrogen (secondary N) is 1. The quantitative estimate of drug-likeness (QED) is 0.838. The molecule has 0 bridgehead atoms. The lowest BCUT2D eigenvalue weighted by Gasteiger charge is -2.33. The molecular weight excluding hydrogens is 352 g/mol. The molecule has 1 aliphatic heterocycles. The van der Waals surface area contributed by atoms with Crippen molar-refractivity contribution in [3.8, 4) is 5.75 Å². The van der Waals surface area contributed by atoms with Gasteiger partial charge in [-0.1, -0.05) is 35.9 Å². The molecule has 1 saturated heterocycles. The SMILES string of the molecule is O=C1N[C@]2(CCCc3ccccc32)C(=O)N1CCOc1ccc(Cl)cc1. The lowest BCUT2D eigenvalue weighted by atomic mass is 9.76. The zero-order valence-electron chi connectivity index (χ0n) is 14.2. The molecule has 2 aromatic carbocycles. The van der Waals surface area contributed by atoms with E-state index in [2.05, 4.69) is 5.32 Å². The number of aryl methyl sites for hydroxylation is 1. The van der Waals surface area contributed by atoms with Crippen molar-refractivity contribution in [1.82, 2.24) is 10.2 Å². The van der Waals surface area contributed by atoms with Crippen molar-refractivity contribution >= 4 is 23.5 Å². The van der Waals surface area contributed by atoms with Crippen molar-refractivity contribution in [3.63, 3.8) is 0 Å². The molecule has 1 aliphatic carbocycles. The van der Waals surface area contributed by atoms with Gasteiger partial charge < -0.3 is 10.1 Å². The summed E-state index contributed by atoms with van der Waals surface area (Å²) in [6, 6.07) is 14.5. The van der Waals surface area contributed by atoms with E-state index in [0.717, 1.165) is 24.0 Å². The molecule has 1 spiro atoms. The molecule has 2 aromatic rings. The highest BCUT2D eigenvalue weighted by Gasteiger charge is 2.53.